The lowest BCUT2D eigenvalue weighted by molar-refractivity contribution is 0.282. The maximum Gasteiger partial charge on any atom is 0.161 e. The van der Waals surface area contributed by atoms with Crippen molar-refractivity contribution in [1.82, 2.24) is 19.9 Å². The van der Waals surface area contributed by atoms with Crippen molar-refractivity contribution in [2.75, 3.05) is 5.73 Å². The van der Waals surface area contributed by atoms with Crippen LogP contribution in [0.5, 0.6) is 0 Å². The molecule has 0 saturated heterocycles. The first-order valence-corrected chi connectivity index (χ1v) is 7.53. The Morgan fingerprint density at radius 3 is 2.62 bits per heavy atom. The lowest BCUT2D eigenvalue weighted by atomic mass is 10.1. The molecule has 0 aliphatic heterocycles. The number of nitrogens with two attached hydrogens (primary N) is 1. The van der Waals surface area contributed by atoms with E-state index in [9.17, 15) is 5.11 Å². The molecule has 0 aliphatic rings. The molecule has 2 aromatic heterocycles. The number of hydrogen-bond donors (Lipinski definition) is 3. The Morgan fingerprint density at radius 2 is 1.79 bits per heavy atom. The molecular formula is C18H15N5O. The minimum atomic E-state index is -0.0673. The zero-order valence-corrected chi connectivity index (χ0v) is 12.8. The van der Waals surface area contributed by atoms with Gasteiger partial charge < -0.3 is 15.8 Å². The van der Waals surface area contributed by atoms with E-state index in [2.05, 4.69) is 19.9 Å². The Hall–Kier alpha value is -3.25. The number of para-hydroxylation sites is 2. The van der Waals surface area contributed by atoms with Crippen molar-refractivity contribution in [1.29, 1.82) is 0 Å². The van der Waals surface area contributed by atoms with Gasteiger partial charge in [-0.2, -0.15) is 0 Å². The maximum atomic E-state index is 9.52. The average Bonchev–Trinajstić information content (AvgIpc) is 3.06. The number of rotatable bonds is 3. The van der Waals surface area contributed by atoms with Gasteiger partial charge in [-0.25, -0.2) is 15.0 Å². The van der Waals surface area contributed by atoms with Crippen LogP contribution in [0, 0.1) is 0 Å². The monoisotopic (exact) mass is 317 g/mol. The van der Waals surface area contributed by atoms with Gasteiger partial charge in [-0.1, -0.05) is 36.4 Å². The van der Waals surface area contributed by atoms with Gasteiger partial charge in [0.2, 0.25) is 0 Å². The maximum absolute atomic E-state index is 9.52. The second-order valence-corrected chi connectivity index (χ2v) is 5.41. The number of anilines is 1. The van der Waals surface area contributed by atoms with Gasteiger partial charge in [0, 0.05) is 5.56 Å². The molecule has 2 heterocycles. The van der Waals surface area contributed by atoms with Crippen LogP contribution in [0.2, 0.25) is 0 Å². The Kier molecular flexibility index (Phi) is 3.44. The van der Waals surface area contributed by atoms with Crippen molar-refractivity contribution in [3.05, 3.63) is 60.3 Å². The SMILES string of the molecule is Nc1ncc(-c2ccccc2CO)nc1-c1nc2ccccc2[nH]1. The first-order chi connectivity index (χ1) is 11.8. The molecule has 0 fully saturated rings. The summed E-state index contributed by atoms with van der Waals surface area (Å²) < 4.78 is 0. The van der Waals surface area contributed by atoms with Gasteiger partial charge in [0.05, 0.1) is 29.5 Å². The topological polar surface area (TPSA) is 101 Å². The van der Waals surface area contributed by atoms with E-state index in [1.165, 1.54) is 0 Å². The number of nitrogens with one attached hydrogen (secondary N) is 1. The van der Waals surface area contributed by atoms with E-state index in [1.807, 2.05) is 48.5 Å². The van der Waals surface area contributed by atoms with E-state index < -0.39 is 0 Å². The predicted octanol–water partition coefficient (Wildman–Crippen LogP) is 2.76. The summed E-state index contributed by atoms with van der Waals surface area (Å²) >= 11 is 0. The first-order valence-electron chi connectivity index (χ1n) is 7.53. The van der Waals surface area contributed by atoms with Crippen LogP contribution >= 0.6 is 0 Å². The minimum absolute atomic E-state index is 0.0673. The summed E-state index contributed by atoms with van der Waals surface area (Å²) in [5, 5.41) is 9.52. The van der Waals surface area contributed by atoms with E-state index in [-0.39, 0.29) is 6.61 Å². The number of fused-ring (bicyclic) bond motifs is 1. The lowest BCUT2D eigenvalue weighted by Gasteiger charge is -2.08. The number of nitrogen functional groups attached to an aromatic ring is 1. The highest BCUT2D eigenvalue weighted by molar-refractivity contribution is 5.81. The molecule has 0 amide bonds. The fraction of sp³-hybridized carbons (Fsp3) is 0.0556. The number of aliphatic hydroxyl groups excluding tert-OH is 1. The third kappa shape index (κ3) is 2.39. The van der Waals surface area contributed by atoms with E-state index in [0.717, 1.165) is 22.2 Å². The Labute approximate surface area is 138 Å². The van der Waals surface area contributed by atoms with Crippen LogP contribution in [0.15, 0.2) is 54.7 Å². The van der Waals surface area contributed by atoms with Crippen molar-refractivity contribution in [3.8, 4) is 22.8 Å². The molecule has 118 valence electrons. The molecule has 6 nitrogen and oxygen atoms in total. The summed E-state index contributed by atoms with van der Waals surface area (Å²) in [6.45, 7) is -0.0673. The number of hydrogen-bond acceptors (Lipinski definition) is 5. The molecule has 0 radical (unpaired) electrons. The van der Waals surface area contributed by atoms with Gasteiger partial charge in [0.15, 0.2) is 11.6 Å². The Morgan fingerprint density at radius 1 is 1.00 bits per heavy atom. The molecule has 4 aromatic rings. The summed E-state index contributed by atoms with van der Waals surface area (Å²) in [4.78, 5) is 16.6. The lowest BCUT2D eigenvalue weighted by Crippen LogP contribution is -2.01. The van der Waals surface area contributed by atoms with Gasteiger partial charge in [-0.05, 0) is 17.7 Å². The second-order valence-electron chi connectivity index (χ2n) is 5.41. The van der Waals surface area contributed by atoms with Gasteiger partial charge in [0.1, 0.15) is 5.69 Å². The Bertz CT molecular complexity index is 992. The van der Waals surface area contributed by atoms with Crippen LogP contribution in [-0.4, -0.2) is 25.0 Å². The molecule has 0 atom stereocenters. The molecule has 0 aliphatic carbocycles. The van der Waals surface area contributed by atoms with Crippen molar-refractivity contribution < 1.29 is 5.11 Å². The molecule has 0 unspecified atom stereocenters. The van der Waals surface area contributed by atoms with Gasteiger partial charge in [0.25, 0.3) is 0 Å². The normalized spacial score (nSPS) is 11.0. The van der Waals surface area contributed by atoms with E-state index in [0.29, 0.717) is 23.0 Å². The number of aliphatic hydroxyl groups is 1. The molecule has 24 heavy (non-hydrogen) atoms. The zero-order valence-electron chi connectivity index (χ0n) is 12.8. The standard InChI is InChI=1S/C18H15N5O/c19-17-16(18-22-13-7-3-4-8-14(13)23-18)21-15(9-20-17)12-6-2-1-5-11(12)10-24/h1-9,24H,10H2,(H2,19,20)(H,22,23). The second kappa shape index (κ2) is 5.75. The molecule has 4 N–H and O–H groups in total. The van der Waals surface area contributed by atoms with Crippen LogP contribution in [0.1, 0.15) is 5.56 Å². The highest BCUT2D eigenvalue weighted by Crippen LogP contribution is 2.27. The number of aromatic nitrogens is 4. The molecule has 0 spiro atoms. The number of imidazole rings is 1. The van der Waals surface area contributed by atoms with Gasteiger partial charge in [-0.3, -0.25) is 0 Å². The summed E-state index contributed by atoms with van der Waals surface area (Å²) in [6, 6.07) is 15.3. The van der Waals surface area contributed by atoms with Crippen LogP contribution in [0.25, 0.3) is 33.8 Å². The summed E-state index contributed by atoms with van der Waals surface area (Å²) in [5.74, 6) is 0.879. The largest absolute Gasteiger partial charge is 0.392 e. The van der Waals surface area contributed by atoms with Gasteiger partial charge >= 0.3 is 0 Å². The van der Waals surface area contributed by atoms with Crippen LogP contribution in [0.4, 0.5) is 5.82 Å². The first kappa shape index (κ1) is 14.3. The fourth-order valence-electron chi connectivity index (χ4n) is 2.68. The predicted molar refractivity (Wildman–Crippen MR) is 92.9 cm³/mol. The molecule has 4 rings (SSSR count). The van der Waals surface area contributed by atoms with E-state index in [4.69, 9.17) is 5.73 Å². The highest BCUT2D eigenvalue weighted by Gasteiger charge is 2.14. The summed E-state index contributed by atoms with van der Waals surface area (Å²) in [6.07, 6.45) is 1.61. The van der Waals surface area contributed by atoms with Crippen molar-refractivity contribution in [2.24, 2.45) is 0 Å². The van der Waals surface area contributed by atoms with E-state index in [1.54, 1.807) is 6.20 Å². The number of aromatic amines is 1. The number of H-pyrrole nitrogens is 1. The average molecular weight is 317 g/mol. The van der Waals surface area contributed by atoms with Crippen LogP contribution in [0.3, 0.4) is 0 Å². The smallest absolute Gasteiger partial charge is 0.161 e. The minimum Gasteiger partial charge on any atom is -0.392 e. The molecule has 0 saturated carbocycles. The number of benzene rings is 2. The molecule has 0 bridgehead atoms. The van der Waals surface area contributed by atoms with E-state index >= 15 is 0 Å². The van der Waals surface area contributed by atoms with Gasteiger partial charge in [-0.15, -0.1) is 0 Å². The highest BCUT2D eigenvalue weighted by atomic mass is 16.3. The van der Waals surface area contributed by atoms with Crippen LogP contribution < -0.4 is 5.73 Å². The van der Waals surface area contributed by atoms with Crippen LogP contribution in [-0.2, 0) is 6.61 Å². The quantitative estimate of drug-likeness (QED) is 0.539. The fourth-order valence-corrected chi connectivity index (χ4v) is 2.68. The number of nitrogens with zero attached hydrogens (tertiary/aromatic N) is 3. The van der Waals surface area contributed by atoms with Crippen molar-refractivity contribution in [3.63, 3.8) is 0 Å². The van der Waals surface area contributed by atoms with Crippen molar-refractivity contribution >= 4 is 16.9 Å². The molecule has 2 aromatic carbocycles. The van der Waals surface area contributed by atoms with Crippen molar-refractivity contribution in [2.45, 2.75) is 6.61 Å². The summed E-state index contributed by atoms with van der Waals surface area (Å²) in [7, 11) is 0. The molecule has 6 heteroatoms. The third-order valence-corrected chi connectivity index (χ3v) is 3.88. The summed E-state index contributed by atoms with van der Waals surface area (Å²) in [5.41, 5.74) is 10.5. The zero-order chi connectivity index (χ0) is 16.5. The molecular weight excluding hydrogens is 302 g/mol. The Balaban J connectivity index is 1.87. The third-order valence-electron chi connectivity index (χ3n) is 3.88.